The maximum Gasteiger partial charge on any atom is 0.160 e. The van der Waals surface area contributed by atoms with Crippen molar-refractivity contribution in [3.8, 4) is 73.2 Å². The zero-order chi connectivity index (χ0) is 41.0. The van der Waals surface area contributed by atoms with Gasteiger partial charge in [0.25, 0.3) is 0 Å². The van der Waals surface area contributed by atoms with E-state index in [2.05, 4.69) is 227 Å². The van der Waals surface area contributed by atoms with Crippen LogP contribution in [0.1, 0.15) is 0 Å². The summed E-state index contributed by atoms with van der Waals surface area (Å²) in [6, 6.07) is 79.0. The number of hydrogen-bond acceptors (Lipinski definition) is 3. The molecule has 0 saturated heterocycles. The third kappa shape index (κ3) is 5.98. The Labute approximate surface area is 358 Å². The average Bonchev–Trinajstić information content (AvgIpc) is 3.92. The smallest absolute Gasteiger partial charge is 0.160 e. The highest BCUT2D eigenvalue weighted by atomic mass is 15.2. The van der Waals surface area contributed by atoms with Crippen LogP contribution in [0.2, 0.25) is 0 Å². The minimum absolute atomic E-state index is 0.666. The Morgan fingerprint density at radius 2 is 0.839 bits per heavy atom. The van der Waals surface area contributed by atoms with Crippen LogP contribution in [0, 0.1) is 0 Å². The Morgan fingerprint density at radius 3 is 1.47 bits per heavy atom. The number of benzene rings is 8. The maximum absolute atomic E-state index is 5.40. The molecule has 0 N–H and O–H groups in total. The molecule has 0 aliphatic rings. The fourth-order valence-electron chi connectivity index (χ4n) is 9.02. The summed E-state index contributed by atoms with van der Waals surface area (Å²) in [7, 11) is 0. The van der Waals surface area contributed by atoms with E-state index in [1.165, 1.54) is 21.8 Å². The SMILES string of the molecule is c1ccc(-c2cc(-c3ccc(-n4c5ccccc5c5ccccc54)cc3)nc(-c3ccc(-c4c(-c5ccccc5)nn5c(-c6ccccc6)cc6ccccc6c45)cc3)n2)cc1. The molecule has 0 unspecified atom stereocenters. The molecule has 12 aromatic rings. The van der Waals surface area contributed by atoms with Crippen LogP contribution in [0.15, 0.2) is 224 Å². The predicted molar refractivity (Wildman–Crippen MR) is 255 cm³/mol. The molecular weight excluding hydrogens is 755 g/mol. The minimum Gasteiger partial charge on any atom is -0.309 e. The summed E-state index contributed by atoms with van der Waals surface area (Å²) in [5.41, 5.74) is 15.6. The van der Waals surface area contributed by atoms with E-state index in [0.717, 1.165) is 83.7 Å². The first-order valence-electron chi connectivity index (χ1n) is 20.9. The third-order valence-electron chi connectivity index (χ3n) is 12.0. The quantitative estimate of drug-likeness (QED) is 0.162. The second kappa shape index (κ2) is 14.7. The lowest BCUT2D eigenvalue weighted by Crippen LogP contribution is -1.97. The number of hydrogen-bond donors (Lipinski definition) is 0. The largest absolute Gasteiger partial charge is 0.309 e. The third-order valence-corrected chi connectivity index (χ3v) is 12.0. The minimum atomic E-state index is 0.666. The molecule has 0 saturated carbocycles. The second-order valence-corrected chi connectivity index (χ2v) is 15.7. The van der Waals surface area contributed by atoms with Crippen LogP contribution >= 0.6 is 0 Å². The summed E-state index contributed by atoms with van der Waals surface area (Å²) in [5.74, 6) is 0.666. The van der Waals surface area contributed by atoms with Crippen molar-refractivity contribution in [2.45, 2.75) is 0 Å². The van der Waals surface area contributed by atoms with Crippen molar-refractivity contribution < 1.29 is 0 Å². The molecule has 4 aromatic heterocycles. The van der Waals surface area contributed by atoms with Crippen molar-refractivity contribution in [1.82, 2.24) is 24.1 Å². The normalized spacial score (nSPS) is 11.5. The molecule has 0 radical (unpaired) electrons. The molecule has 0 fully saturated rings. The fraction of sp³-hybridized carbons (Fsp3) is 0. The standard InChI is InChI=1S/C57H37N5/c1-4-16-38(17-5-1)49-37-50(39-32-34-45(35-33-39)61-51-26-14-12-24-47(51)48-25-13-15-27-52(48)61)59-57(58-49)43-30-28-41(29-31-43)54-55(42-20-8-3-9-21-42)60-62-53(40-18-6-2-7-19-40)36-44-22-10-11-23-46(44)56(54)62/h1-37H. The van der Waals surface area contributed by atoms with E-state index in [9.17, 15) is 0 Å². The first kappa shape index (κ1) is 35.5. The highest BCUT2D eigenvalue weighted by Crippen LogP contribution is 2.42. The number of nitrogens with zero attached hydrogens (tertiary/aromatic N) is 5. The number of fused-ring (bicyclic) bond motifs is 6. The zero-order valence-corrected chi connectivity index (χ0v) is 33.6. The lowest BCUT2D eigenvalue weighted by atomic mass is 9.96. The van der Waals surface area contributed by atoms with Gasteiger partial charge in [-0.1, -0.05) is 188 Å². The van der Waals surface area contributed by atoms with Gasteiger partial charge in [-0.05, 0) is 47.3 Å². The zero-order valence-electron chi connectivity index (χ0n) is 33.6. The van der Waals surface area contributed by atoms with Crippen LogP contribution in [0.4, 0.5) is 0 Å². The molecule has 62 heavy (non-hydrogen) atoms. The van der Waals surface area contributed by atoms with E-state index < -0.39 is 0 Å². The van der Waals surface area contributed by atoms with Crippen LogP contribution in [-0.4, -0.2) is 24.1 Å². The molecule has 0 aliphatic heterocycles. The van der Waals surface area contributed by atoms with Gasteiger partial charge in [-0.25, -0.2) is 14.5 Å². The predicted octanol–water partition coefficient (Wildman–Crippen LogP) is 14.4. The monoisotopic (exact) mass is 791 g/mol. The Bertz CT molecular complexity index is 3540. The molecule has 8 aromatic carbocycles. The summed E-state index contributed by atoms with van der Waals surface area (Å²) < 4.78 is 4.48. The number of rotatable bonds is 7. The molecular formula is C57H37N5. The van der Waals surface area contributed by atoms with E-state index in [-0.39, 0.29) is 0 Å². The Morgan fingerprint density at radius 1 is 0.355 bits per heavy atom. The summed E-state index contributed by atoms with van der Waals surface area (Å²) in [5, 5.41) is 10.2. The van der Waals surface area contributed by atoms with Gasteiger partial charge in [-0.3, -0.25) is 0 Å². The van der Waals surface area contributed by atoms with E-state index in [1.54, 1.807) is 0 Å². The van der Waals surface area contributed by atoms with E-state index >= 15 is 0 Å². The Balaban J connectivity index is 0.995. The molecule has 4 heterocycles. The van der Waals surface area contributed by atoms with Crippen LogP contribution in [0.5, 0.6) is 0 Å². The van der Waals surface area contributed by atoms with Gasteiger partial charge in [0.2, 0.25) is 0 Å². The van der Waals surface area contributed by atoms with Crippen LogP contribution in [-0.2, 0) is 0 Å². The number of para-hydroxylation sites is 2. The van der Waals surface area contributed by atoms with E-state index in [4.69, 9.17) is 15.1 Å². The van der Waals surface area contributed by atoms with Gasteiger partial charge >= 0.3 is 0 Å². The molecule has 12 rings (SSSR count). The van der Waals surface area contributed by atoms with Crippen molar-refractivity contribution in [2.75, 3.05) is 0 Å². The van der Waals surface area contributed by atoms with Crippen molar-refractivity contribution in [3.63, 3.8) is 0 Å². The molecule has 0 atom stereocenters. The molecule has 0 bridgehead atoms. The fourth-order valence-corrected chi connectivity index (χ4v) is 9.02. The molecule has 5 heteroatoms. The highest BCUT2D eigenvalue weighted by Gasteiger charge is 2.22. The molecule has 0 amide bonds. The summed E-state index contributed by atoms with van der Waals surface area (Å²) >= 11 is 0. The van der Waals surface area contributed by atoms with Crippen molar-refractivity contribution in [1.29, 1.82) is 0 Å². The maximum atomic E-state index is 5.40. The number of pyridine rings is 1. The topological polar surface area (TPSA) is 48.0 Å². The van der Waals surface area contributed by atoms with Gasteiger partial charge in [-0.2, -0.15) is 5.10 Å². The van der Waals surface area contributed by atoms with Gasteiger partial charge < -0.3 is 4.57 Å². The van der Waals surface area contributed by atoms with Crippen LogP contribution in [0.3, 0.4) is 0 Å². The Kier molecular flexibility index (Phi) is 8.42. The first-order valence-corrected chi connectivity index (χ1v) is 20.9. The molecule has 5 nitrogen and oxygen atoms in total. The lowest BCUT2D eigenvalue weighted by Gasteiger charge is -2.12. The highest BCUT2D eigenvalue weighted by molar-refractivity contribution is 6.10. The van der Waals surface area contributed by atoms with Crippen LogP contribution < -0.4 is 0 Å². The molecule has 290 valence electrons. The van der Waals surface area contributed by atoms with Gasteiger partial charge in [0, 0.05) is 55.2 Å². The summed E-state index contributed by atoms with van der Waals surface area (Å²) in [4.78, 5) is 10.4. The van der Waals surface area contributed by atoms with E-state index in [1.807, 2.05) is 6.07 Å². The molecule has 0 aliphatic carbocycles. The van der Waals surface area contributed by atoms with Crippen molar-refractivity contribution in [2.24, 2.45) is 0 Å². The van der Waals surface area contributed by atoms with Gasteiger partial charge in [0.1, 0.15) is 5.69 Å². The average molecular weight is 792 g/mol. The first-order chi connectivity index (χ1) is 30.7. The Hall–Kier alpha value is -8.41. The van der Waals surface area contributed by atoms with Gasteiger partial charge in [-0.15, -0.1) is 0 Å². The van der Waals surface area contributed by atoms with Gasteiger partial charge in [0.05, 0.1) is 33.6 Å². The lowest BCUT2D eigenvalue weighted by molar-refractivity contribution is 0.979. The number of aromatic nitrogens is 5. The summed E-state index contributed by atoms with van der Waals surface area (Å²) in [6.07, 6.45) is 0. The van der Waals surface area contributed by atoms with E-state index in [0.29, 0.717) is 5.82 Å². The van der Waals surface area contributed by atoms with Gasteiger partial charge in [0.15, 0.2) is 5.82 Å². The van der Waals surface area contributed by atoms with Crippen molar-refractivity contribution in [3.05, 3.63) is 224 Å². The van der Waals surface area contributed by atoms with Crippen LogP contribution in [0.25, 0.3) is 111 Å². The molecule has 0 spiro atoms. The summed E-state index contributed by atoms with van der Waals surface area (Å²) in [6.45, 7) is 0. The second-order valence-electron chi connectivity index (χ2n) is 15.7. The van der Waals surface area contributed by atoms with Crippen molar-refractivity contribution >= 4 is 38.1 Å².